The van der Waals surface area contributed by atoms with Gasteiger partial charge < -0.3 is 10.1 Å². The lowest BCUT2D eigenvalue weighted by molar-refractivity contribution is -0.137. The Hall–Kier alpha value is -2.99. The third kappa shape index (κ3) is 4.76. The van der Waals surface area contributed by atoms with Crippen LogP contribution in [-0.2, 0) is 14.3 Å². The minimum absolute atomic E-state index is 0.209. The summed E-state index contributed by atoms with van der Waals surface area (Å²) >= 11 is 0. The normalized spacial score (nSPS) is 14.2. The Labute approximate surface area is 176 Å². The van der Waals surface area contributed by atoms with Crippen LogP contribution in [0.2, 0.25) is 0 Å². The molecule has 1 aliphatic heterocycles. The summed E-state index contributed by atoms with van der Waals surface area (Å²) in [6.07, 6.45) is 0.554. The number of amides is 2. The first-order chi connectivity index (χ1) is 14.4. The smallest absolute Gasteiger partial charge is 0.278 e. The number of imide groups is 1. The quantitative estimate of drug-likeness (QED) is 0.486. The zero-order valence-corrected chi connectivity index (χ0v) is 17.6. The molecule has 158 valence electrons. The van der Waals surface area contributed by atoms with Gasteiger partial charge in [0, 0.05) is 25.4 Å². The Morgan fingerprint density at radius 2 is 1.67 bits per heavy atom. The van der Waals surface area contributed by atoms with Crippen molar-refractivity contribution < 1.29 is 18.7 Å². The van der Waals surface area contributed by atoms with E-state index in [-0.39, 0.29) is 29.6 Å². The van der Waals surface area contributed by atoms with Crippen molar-refractivity contribution in [1.29, 1.82) is 0 Å². The van der Waals surface area contributed by atoms with Gasteiger partial charge in [-0.2, -0.15) is 0 Å². The predicted molar refractivity (Wildman–Crippen MR) is 115 cm³/mol. The van der Waals surface area contributed by atoms with E-state index in [1.807, 2.05) is 31.2 Å². The van der Waals surface area contributed by atoms with Crippen molar-refractivity contribution in [3.8, 4) is 0 Å². The number of carbonyl (C=O) groups excluding carboxylic acids is 2. The van der Waals surface area contributed by atoms with E-state index in [1.165, 1.54) is 34.7 Å². The molecule has 1 N–H and O–H groups in total. The number of anilines is 1. The van der Waals surface area contributed by atoms with Crippen molar-refractivity contribution in [2.24, 2.45) is 0 Å². The second-order valence-electron chi connectivity index (χ2n) is 7.47. The summed E-state index contributed by atoms with van der Waals surface area (Å²) in [5.74, 6) is -0.778. The van der Waals surface area contributed by atoms with Gasteiger partial charge in [-0.25, -0.2) is 4.39 Å². The molecule has 6 heteroatoms. The topological polar surface area (TPSA) is 58.6 Å². The van der Waals surface area contributed by atoms with E-state index in [1.54, 1.807) is 0 Å². The molecule has 0 unspecified atom stereocenters. The number of benzene rings is 2. The van der Waals surface area contributed by atoms with Crippen molar-refractivity contribution in [3.05, 3.63) is 71.2 Å². The summed E-state index contributed by atoms with van der Waals surface area (Å²) in [6.45, 7) is 7.43. The molecule has 0 saturated carbocycles. The number of hydrogen-bond donors (Lipinski definition) is 1. The molecule has 5 nitrogen and oxygen atoms in total. The van der Waals surface area contributed by atoms with Crippen LogP contribution in [0.15, 0.2) is 54.2 Å². The molecule has 2 aromatic rings. The average Bonchev–Trinajstić information content (AvgIpc) is 2.96. The van der Waals surface area contributed by atoms with Gasteiger partial charge in [-0.05, 0) is 54.7 Å². The van der Waals surface area contributed by atoms with Crippen LogP contribution in [0.1, 0.15) is 44.2 Å². The van der Waals surface area contributed by atoms with E-state index in [2.05, 4.69) is 19.2 Å². The second-order valence-corrected chi connectivity index (χ2v) is 7.47. The van der Waals surface area contributed by atoms with E-state index in [4.69, 9.17) is 4.74 Å². The summed E-state index contributed by atoms with van der Waals surface area (Å²) in [7, 11) is 0. The standard InChI is InChI=1S/C24H27FN2O3/c1-4-30-15-5-14-27-23(28)21(18-6-10-19(25)11-7-18)22(24(27)29)26-20-12-8-17(9-13-20)16(2)3/h6-13,16,26H,4-5,14-15H2,1-3H3. The highest BCUT2D eigenvalue weighted by molar-refractivity contribution is 6.36. The predicted octanol–water partition coefficient (Wildman–Crippen LogP) is 4.57. The van der Waals surface area contributed by atoms with Gasteiger partial charge in [-0.3, -0.25) is 14.5 Å². The number of ether oxygens (including phenoxy) is 1. The van der Waals surface area contributed by atoms with E-state index < -0.39 is 5.82 Å². The number of halogens is 1. The van der Waals surface area contributed by atoms with Gasteiger partial charge in [-0.1, -0.05) is 38.1 Å². The fourth-order valence-corrected chi connectivity index (χ4v) is 3.34. The Bertz CT molecular complexity index is 934. The third-order valence-electron chi connectivity index (χ3n) is 5.02. The lowest BCUT2D eigenvalue weighted by Gasteiger charge is -2.15. The lowest BCUT2D eigenvalue weighted by Crippen LogP contribution is -2.34. The highest BCUT2D eigenvalue weighted by Gasteiger charge is 2.38. The molecule has 30 heavy (non-hydrogen) atoms. The number of nitrogens with zero attached hydrogens (tertiary/aromatic N) is 1. The highest BCUT2D eigenvalue weighted by atomic mass is 19.1. The maximum absolute atomic E-state index is 13.4. The van der Waals surface area contributed by atoms with Gasteiger partial charge in [0.25, 0.3) is 11.8 Å². The molecule has 1 aliphatic rings. The molecule has 0 atom stereocenters. The Balaban J connectivity index is 1.91. The van der Waals surface area contributed by atoms with Crippen molar-refractivity contribution in [3.63, 3.8) is 0 Å². The molecule has 0 fully saturated rings. The molecule has 1 heterocycles. The summed E-state index contributed by atoms with van der Waals surface area (Å²) in [6, 6.07) is 13.4. The second kappa shape index (κ2) is 9.67. The van der Waals surface area contributed by atoms with Crippen molar-refractivity contribution >= 4 is 23.1 Å². The molecule has 0 saturated heterocycles. The summed E-state index contributed by atoms with van der Waals surface area (Å²) in [4.78, 5) is 27.4. The van der Waals surface area contributed by atoms with Gasteiger partial charge in [0.2, 0.25) is 0 Å². The largest absolute Gasteiger partial charge is 0.382 e. The Kier molecular flexibility index (Phi) is 7.00. The number of nitrogens with one attached hydrogen (secondary N) is 1. The molecular weight excluding hydrogens is 383 g/mol. The van der Waals surface area contributed by atoms with Gasteiger partial charge >= 0.3 is 0 Å². The van der Waals surface area contributed by atoms with Crippen molar-refractivity contribution in [2.75, 3.05) is 25.1 Å². The van der Waals surface area contributed by atoms with Crippen LogP contribution in [0.3, 0.4) is 0 Å². The molecule has 3 rings (SSSR count). The molecule has 2 amide bonds. The molecule has 0 spiro atoms. The van der Waals surface area contributed by atoms with Crippen molar-refractivity contribution in [2.45, 2.75) is 33.1 Å². The summed E-state index contributed by atoms with van der Waals surface area (Å²) < 4.78 is 18.7. The van der Waals surface area contributed by atoms with Crippen LogP contribution in [0.25, 0.3) is 5.57 Å². The molecular formula is C24H27FN2O3. The highest BCUT2D eigenvalue weighted by Crippen LogP contribution is 2.31. The zero-order chi connectivity index (χ0) is 21.7. The first-order valence-electron chi connectivity index (χ1n) is 10.2. The Morgan fingerprint density at radius 1 is 1.00 bits per heavy atom. The zero-order valence-electron chi connectivity index (χ0n) is 17.6. The Morgan fingerprint density at radius 3 is 2.27 bits per heavy atom. The molecule has 2 aromatic carbocycles. The third-order valence-corrected chi connectivity index (χ3v) is 5.02. The van der Waals surface area contributed by atoms with Gasteiger partial charge in [-0.15, -0.1) is 0 Å². The fraction of sp³-hybridized carbons (Fsp3) is 0.333. The van der Waals surface area contributed by atoms with Crippen LogP contribution >= 0.6 is 0 Å². The minimum Gasteiger partial charge on any atom is -0.382 e. The van der Waals surface area contributed by atoms with Gasteiger partial charge in [0.15, 0.2) is 0 Å². The number of rotatable bonds is 9. The maximum Gasteiger partial charge on any atom is 0.278 e. The van der Waals surface area contributed by atoms with E-state index >= 15 is 0 Å². The molecule has 0 aromatic heterocycles. The molecule has 0 aliphatic carbocycles. The maximum atomic E-state index is 13.4. The van der Waals surface area contributed by atoms with Crippen molar-refractivity contribution in [1.82, 2.24) is 4.90 Å². The van der Waals surface area contributed by atoms with Gasteiger partial charge in [0.05, 0.1) is 5.57 Å². The number of carbonyl (C=O) groups is 2. The average molecular weight is 410 g/mol. The SMILES string of the molecule is CCOCCCN1C(=O)C(Nc2ccc(C(C)C)cc2)=C(c2ccc(F)cc2)C1=O. The van der Waals surface area contributed by atoms with Crippen LogP contribution in [0, 0.1) is 5.82 Å². The number of hydrogen-bond acceptors (Lipinski definition) is 4. The minimum atomic E-state index is -0.400. The molecule has 0 radical (unpaired) electrons. The fourth-order valence-electron chi connectivity index (χ4n) is 3.34. The first kappa shape index (κ1) is 21.7. The van der Waals surface area contributed by atoms with Crippen LogP contribution < -0.4 is 5.32 Å². The summed E-state index contributed by atoms with van der Waals surface area (Å²) in [5, 5.41) is 3.12. The van der Waals surface area contributed by atoms with Crippen LogP contribution in [-0.4, -0.2) is 36.5 Å². The van der Waals surface area contributed by atoms with E-state index in [9.17, 15) is 14.0 Å². The summed E-state index contributed by atoms with van der Waals surface area (Å²) in [5.41, 5.74) is 2.86. The first-order valence-corrected chi connectivity index (χ1v) is 10.2. The lowest BCUT2D eigenvalue weighted by atomic mass is 10.0. The van der Waals surface area contributed by atoms with Crippen LogP contribution in [0.4, 0.5) is 10.1 Å². The van der Waals surface area contributed by atoms with Crippen LogP contribution in [0.5, 0.6) is 0 Å². The van der Waals surface area contributed by atoms with Gasteiger partial charge in [0.1, 0.15) is 11.5 Å². The van der Waals surface area contributed by atoms with E-state index in [0.29, 0.717) is 36.8 Å². The van der Waals surface area contributed by atoms with E-state index in [0.717, 1.165) is 0 Å². The monoisotopic (exact) mass is 410 g/mol. The molecule has 0 bridgehead atoms.